The van der Waals surface area contributed by atoms with Crippen molar-refractivity contribution in [3.8, 4) is 5.75 Å². The molecule has 1 atom stereocenters. The molecular weight excluding hydrogens is 349 g/mol. The Morgan fingerprint density at radius 1 is 1.23 bits per heavy atom. The first-order valence-corrected chi connectivity index (χ1v) is 8.44. The molecule has 1 fully saturated rings. The minimum atomic E-state index is -4.86. The first kappa shape index (κ1) is 16.9. The van der Waals surface area contributed by atoms with Crippen LogP contribution in [0.5, 0.6) is 5.75 Å². The molecule has 1 saturated carbocycles. The summed E-state index contributed by atoms with van der Waals surface area (Å²) >= 11 is 0. The molecule has 0 radical (unpaired) electrons. The molecule has 0 unspecified atom stereocenters. The highest BCUT2D eigenvalue weighted by Gasteiger charge is 2.37. The van der Waals surface area contributed by atoms with Crippen LogP contribution in [0.15, 0.2) is 24.3 Å². The molecule has 9 heteroatoms. The Bertz CT molecular complexity index is 845. The van der Waals surface area contributed by atoms with E-state index in [1.54, 1.807) is 4.68 Å². The van der Waals surface area contributed by atoms with Crippen molar-refractivity contribution in [2.45, 2.75) is 44.6 Å². The SMILES string of the molecule is C[C@@H]1c2nc(C3CC3)nn2CCN1C(=O)c1ccccc1OC(F)(F)F. The molecule has 0 N–H and O–H groups in total. The van der Waals surface area contributed by atoms with Crippen LogP contribution in [-0.4, -0.2) is 38.5 Å². The van der Waals surface area contributed by atoms with E-state index in [4.69, 9.17) is 0 Å². The van der Waals surface area contributed by atoms with Crippen LogP contribution in [0.1, 0.15) is 53.7 Å². The van der Waals surface area contributed by atoms with Crippen molar-refractivity contribution < 1.29 is 22.7 Å². The lowest BCUT2D eigenvalue weighted by molar-refractivity contribution is -0.274. The molecule has 2 aromatic rings. The summed E-state index contributed by atoms with van der Waals surface area (Å²) in [6.45, 7) is 2.62. The van der Waals surface area contributed by atoms with Gasteiger partial charge in [0.05, 0.1) is 18.2 Å². The number of halogens is 3. The maximum Gasteiger partial charge on any atom is 0.573 e. The summed E-state index contributed by atoms with van der Waals surface area (Å²) in [5, 5.41) is 4.49. The fourth-order valence-electron chi connectivity index (χ4n) is 3.19. The molecule has 1 aromatic carbocycles. The lowest BCUT2D eigenvalue weighted by Gasteiger charge is -2.33. The van der Waals surface area contributed by atoms with E-state index in [1.165, 1.54) is 23.1 Å². The van der Waals surface area contributed by atoms with Crippen molar-refractivity contribution in [1.29, 1.82) is 0 Å². The third kappa shape index (κ3) is 3.13. The zero-order valence-electron chi connectivity index (χ0n) is 14.0. The first-order chi connectivity index (χ1) is 12.3. The highest BCUT2D eigenvalue weighted by Crippen LogP contribution is 2.39. The zero-order chi connectivity index (χ0) is 18.5. The van der Waals surface area contributed by atoms with Crippen molar-refractivity contribution >= 4 is 5.91 Å². The molecule has 26 heavy (non-hydrogen) atoms. The number of hydrogen-bond acceptors (Lipinski definition) is 4. The van der Waals surface area contributed by atoms with E-state index < -0.39 is 18.0 Å². The average molecular weight is 366 g/mol. The number of benzene rings is 1. The monoisotopic (exact) mass is 366 g/mol. The van der Waals surface area contributed by atoms with Gasteiger partial charge in [-0.05, 0) is 31.9 Å². The molecule has 1 aliphatic heterocycles. The van der Waals surface area contributed by atoms with Gasteiger partial charge in [-0.15, -0.1) is 13.2 Å². The second-order valence-corrected chi connectivity index (χ2v) is 6.54. The van der Waals surface area contributed by atoms with Crippen molar-refractivity contribution in [1.82, 2.24) is 19.7 Å². The number of para-hydroxylation sites is 1. The van der Waals surface area contributed by atoms with Crippen molar-refractivity contribution in [3.05, 3.63) is 41.5 Å². The number of aromatic nitrogens is 3. The average Bonchev–Trinajstić information content (AvgIpc) is 3.33. The van der Waals surface area contributed by atoms with Gasteiger partial charge in [-0.2, -0.15) is 5.10 Å². The lowest BCUT2D eigenvalue weighted by atomic mass is 10.1. The van der Waals surface area contributed by atoms with E-state index in [9.17, 15) is 18.0 Å². The fraction of sp³-hybridized carbons (Fsp3) is 0.471. The number of amides is 1. The van der Waals surface area contributed by atoms with E-state index >= 15 is 0 Å². The number of hydrogen-bond donors (Lipinski definition) is 0. The normalized spacial score (nSPS) is 20.0. The van der Waals surface area contributed by atoms with Gasteiger partial charge in [0.15, 0.2) is 5.82 Å². The predicted octanol–water partition coefficient (Wildman–Crippen LogP) is 3.27. The number of carbonyl (C=O) groups excluding carboxylic acids is 1. The lowest BCUT2D eigenvalue weighted by Crippen LogP contribution is -2.41. The van der Waals surface area contributed by atoms with Gasteiger partial charge in [0.1, 0.15) is 11.6 Å². The maximum atomic E-state index is 12.9. The third-order valence-corrected chi connectivity index (χ3v) is 4.66. The molecule has 2 aliphatic rings. The number of fused-ring (bicyclic) bond motifs is 1. The van der Waals surface area contributed by atoms with Gasteiger partial charge in [-0.25, -0.2) is 9.67 Å². The van der Waals surface area contributed by atoms with Gasteiger partial charge in [-0.1, -0.05) is 12.1 Å². The Hall–Kier alpha value is -2.58. The van der Waals surface area contributed by atoms with Crippen LogP contribution in [0.4, 0.5) is 13.2 Å². The summed E-state index contributed by atoms with van der Waals surface area (Å²) < 4.78 is 43.7. The molecule has 1 amide bonds. The fourth-order valence-corrected chi connectivity index (χ4v) is 3.19. The minimum Gasteiger partial charge on any atom is -0.405 e. The largest absolute Gasteiger partial charge is 0.573 e. The standard InChI is InChI=1S/C17H17F3N4O2/c1-10-15-21-14(11-6-7-11)22-24(15)9-8-23(10)16(25)12-4-2-3-5-13(12)26-17(18,19)20/h2-5,10-11H,6-9H2,1H3/t10-/m1/s1. The molecule has 1 aliphatic carbocycles. The van der Waals surface area contributed by atoms with E-state index in [2.05, 4.69) is 14.8 Å². The summed E-state index contributed by atoms with van der Waals surface area (Å²) in [7, 11) is 0. The van der Waals surface area contributed by atoms with Gasteiger partial charge in [0, 0.05) is 12.5 Å². The van der Waals surface area contributed by atoms with E-state index in [0.717, 1.165) is 24.7 Å². The van der Waals surface area contributed by atoms with E-state index in [-0.39, 0.29) is 11.6 Å². The van der Waals surface area contributed by atoms with Crippen LogP contribution >= 0.6 is 0 Å². The van der Waals surface area contributed by atoms with E-state index in [0.29, 0.717) is 24.8 Å². The molecular formula is C17H17F3N4O2. The van der Waals surface area contributed by atoms with Gasteiger partial charge >= 0.3 is 6.36 Å². The maximum absolute atomic E-state index is 12.9. The second-order valence-electron chi connectivity index (χ2n) is 6.54. The summed E-state index contributed by atoms with van der Waals surface area (Å²) in [5.41, 5.74) is -0.118. The zero-order valence-corrected chi connectivity index (χ0v) is 14.0. The van der Waals surface area contributed by atoms with Crippen LogP contribution < -0.4 is 4.74 Å². The van der Waals surface area contributed by atoms with Crippen LogP contribution in [0.3, 0.4) is 0 Å². The molecule has 0 saturated heterocycles. The Balaban J connectivity index is 1.61. The van der Waals surface area contributed by atoms with Crippen LogP contribution in [-0.2, 0) is 6.54 Å². The third-order valence-electron chi connectivity index (χ3n) is 4.66. The Kier molecular flexibility index (Phi) is 3.89. The summed E-state index contributed by atoms with van der Waals surface area (Å²) in [4.78, 5) is 19.0. The number of rotatable bonds is 3. The molecule has 4 rings (SSSR count). The van der Waals surface area contributed by atoms with Crippen molar-refractivity contribution in [2.75, 3.05) is 6.54 Å². The molecule has 2 heterocycles. The van der Waals surface area contributed by atoms with Gasteiger partial charge in [0.2, 0.25) is 0 Å². The van der Waals surface area contributed by atoms with Crippen LogP contribution in [0, 0.1) is 0 Å². The molecule has 1 aromatic heterocycles. The second kappa shape index (κ2) is 6.00. The summed E-state index contributed by atoms with van der Waals surface area (Å²) in [6, 6.07) is 5.01. The van der Waals surface area contributed by atoms with Crippen molar-refractivity contribution in [3.63, 3.8) is 0 Å². The summed E-state index contributed by atoms with van der Waals surface area (Å²) in [5.74, 6) is 0.843. The number of carbonyl (C=O) groups is 1. The minimum absolute atomic E-state index is 0.118. The van der Waals surface area contributed by atoms with Gasteiger partial charge < -0.3 is 9.64 Å². The predicted molar refractivity (Wildman–Crippen MR) is 84.6 cm³/mol. The molecule has 0 bridgehead atoms. The highest BCUT2D eigenvalue weighted by molar-refractivity contribution is 5.97. The molecule has 6 nitrogen and oxygen atoms in total. The Morgan fingerprint density at radius 3 is 2.65 bits per heavy atom. The van der Waals surface area contributed by atoms with Gasteiger partial charge in [0.25, 0.3) is 5.91 Å². The first-order valence-electron chi connectivity index (χ1n) is 8.44. The summed E-state index contributed by atoms with van der Waals surface area (Å²) in [6.07, 6.45) is -2.71. The topological polar surface area (TPSA) is 60.2 Å². The Labute approximate surface area is 147 Å². The smallest absolute Gasteiger partial charge is 0.405 e. The Morgan fingerprint density at radius 2 is 1.96 bits per heavy atom. The highest BCUT2D eigenvalue weighted by atomic mass is 19.4. The quantitative estimate of drug-likeness (QED) is 0.837. The number of alkyl halides is 3. The van der Waals surface area contributed by atoms with Gasteiger partial charge in [-0.3, -0.25) is 4.79 Å². The molecule has 0 spiro atoms. The number of ether oxygens (including phenoxy) is 1. The van der Waals surface area contributed by atoms with Crippen LogP contribution in [0.2, 0.25) is 0 Å². The molecule has 138 valence electrons. The van der Waals surface area contributed by atoms with Crippen LogP contribution in [0.25, 0.3) is 0 Å². The van der Waals surface area contributed by atoms with E-state index in [1.807, 2.05) is 6.92 Å². The number of nitrogens with zero attached hydrogens (tertiary/aromatic N) is 4. The van der Waals surface area contributed by atoms with Crippen molar-refractivity contribution in [2.24, 2.45) is 0 Å².